The highest BCUT2D eigenvalue weighted by molar-refractivity contribution is 7.89. The van der Waals surface area contributed by atoms with Crippen LogP contribution < -0.4 is 4.72 Å². The second-order valence-electron chi connectivity index (χ2n) is 5.78. The average Bonchev–Trinajstić information content (AvgIpc) is 3.14. The van der Waals surface area contributed by atoms with E-state index < -0.39 is 10.0 Å². The summed E-state index contributed by atoms with van der Waals surface area (Å²) in [5.41, 5.74) is 0. The number of sulfonamides is 1. The Morgan fingerprint density at radius 2 is 2.08 bits per heavy atom. The summed E-state index contributed by atoms with van der Waals surface area (Å²) >= 11 is 5.81. The number of aromatic nitrogens is 3. The third-order valence-electron chi connectivity index (χ3n) is 4.15. The molecular formula is C15H18ClN5O3S. The molecule has 1 fully saturated rings. The Kier molecular flexibility index (Phi) is 5.36. The summed E-state index contributed by atoms with van der Waals surface area (Å²) in [5.74, 6) is -0.248. The van der Waals surface area contributed by atoms with Gasteiger partial charge in [-0.1, -0.05) is 22.9 Å². The summed E-state index contributed by atoms with van der Waals surface area (Å²) in [6.45, 7) is 0.841. The van der Waals surface area contributed by atoms with Gasteiger partial charge in [0.05, 0.1) is 23.7 Å². The van der Waals surface area contributed by atoms with Gasteiger partial charge in [0.2, 0.25) is 15.9 Å². The molecule has 0 bridgehead atoms. The fourth-order valence-electron chi connectivity index (χ4n) is 2.78. The fraction of sp³-hybridized carbons (Fsp3) is 0.400. The molecule has 2 heterocycles. The molecule has 134 valence electrons. The van der Waals surface area contributed by atoms with Crippen molar-refractivity contribution < 1.29 is 13.2 Å². The van der Waals surface area contributed by atoms with E-state index >= 15 is 0 Å². The molecule has 1 amide bonds. The zero-order chi connectivity index (χ0) is 17.9. The number of hydrogen-bond donors (Lipinski definition) is 1. The number of likely N-dealkylation sites (tertiary alicyclic amines) is 1. The minimum absolute atomic E-state index is 0.0395. The van der Waals surface area contributed by atoms with Crippen molar-refractivity contribution in [2.75, 3.05) is 19.6 Å². The number of nitrogens with one attached hydrogen (secondary N) is 1. The quantitative estimate of drug-likeness (QED) is 0.833. The van der Waals surface area contributed by atoms with Crippen molar-refractivity contribution in [1.29, 1.82) is 0 Å². The van der Waals surface area contributed by atoms with E-state index in [0.717, 1.165) is 12.8 Å². The third-order valence-corrected chi connectivity index (χ3v) is 5.79. The van der Waals surface area contributed by atoms with Gasteiger partial charge in [0, 0.05) is 24.3 Å². The first-order valence-corrected chi connectivity index (χ1v) is 9.70. The Labute approximate surface area is 150 Å². The lowest BCUT2D eigenvalue weighted by atomic mass is 10.1. The van der Waals surface area contributed by atoms with E-state index in [-0.39, 0.29) is 23.4 Å². The van der Waals surface area contributed by atoms with E-state index in [2.05, 4.69) is 15.0 Å². The van der Waals surface area contributed by atoms with Crippen LogP contribution in [0.2, 0.25) is 5.02 Å². The van der Waals surface area contributed by atoms with Crippen LogP contribution in [0.5, 0.6) is 0 Å². The summed E-state index contributed by atoms with van der Waals surface area (Å²) in [6, 6.07) is 6.13. The molecule has 25 heavy (non-hydrogen) atoms. The van der Waals surface area contributed by atoms with Gasteiger partial charge in [0.1, 0.15) is 0 Å². The van der Waals surface area contributed by atoms with Gasteiger partial charge in [-0.05, 0) is 31.0 Å². The Balaban J connectivity index is 1.53. The van der Waals surface area contributed by atoms with Crippen molar-refractivity contribution in [2.24, 2.45) is 0 Å². The van der Waals surface area contributed by atoms with Crippen molar-refractivity contribution in [2.45, 2.75) is 23.8 Å². The molecule has 0 unspecified atom stereocenters. The number of amides is 1. The second-order valence-corrected chi connectivity index (χ2v) is 7.98. The normalized spacial score (nSPS) is 16.1. The number of piperidine rings is 1. The van der Waals surface area contributed by atoms with Gasteiger partial charge in [0.25, 0.3) is 0 Å². The van der Waals surface area contributed by atoms with Crippen molar-refractivity contribution >= 4 is 27.5 Å². The zero-order valence-corrected chi connectivity index (χ0v) is 14.9. The molecule has 2 aromatic rings. The minimum Gasteiger partial charge on any atom is -0.341 e. The maximum absolute atomic E-state index is 12.3. The Morgan fingerprint density at radius 1 is 1.32 bits per heavy atom. The first kappa shape index (κ1) is 17.8. The molecule has 1 aromatic heterocycles. The van der Waals surface area contributed by atoms with Gasteiger partial charge in [-0.25, -0.2) is 17.8 Å². The maximum atomic E-state index is 12.3. The van der Waals surface area contributed by atoms with Crippen LogP contribution in [0.4, 0.5) is 0 Å². The van der Waals surface area contributed by atoms with Gasteiger partial charge in [-0.2, -0.15) is 0 Å². The largest absolute Gasteiger partial charge is 0.341 e. The number of halogens is 1. The van der Waals surface area contributed by atoms with Gasteiger partial charge in [-0.15, -0.1) is 5.10 Å². The third kappa shape index (κ3) is 4.36. The molecule has 0 radical (unpaired) electrons. The molecule has 0 spiro atoms. The lowest BCUT2D eigenvalue weighted by Gasteiger charge is -2.31. The highest BCUT2D eigenvalue weighted by atomic mass is 35.5. The first-order valence-electron chi connectivity index (χ1n) is 7.84. The van der Waals surface area contributed by atoms with Crippen LogP contribution in [0.1, 0.15) is 18.9 Å². The SMILES string of the molecule is O=C(CNS(=O)(=O)c1cccc(Cl)c1)N1CCC(n2ccnn2)CC1. The molecule has 10 heteroatoms. The second kappa shape index (κ2) is 7.51. The number of benzene rings is 1. The van der Waals surface area contributed by atoms with Crippen LogP contribution in [0, 0.1) is 0 Å². The Bertz CT molecular complexity index is 833. The highest BCUT2D eigenvalue weighted by Gasteiger charge is 2.25. The smallest absolute Gasteiger partial charge is 0.241 e. The van der Waals surface area contributed by atoms with E-state index in [1.165, 1.54) is 12.1 Å². The summed E-state index contributed by atoms with van der Waals surface area (Å²) in [4.78, 5) is 14.0. The predicted octanol–water partition coefficient (Wildman–Crippen LogP) is 1.07. The van der Waals surface area contributed by atoms with Gasteiger partial charge in [-0.3, -0.25) is 4.79 Å². The molecule has 0 aliphatic carbocycles. The fourth-order valence-corrected chi connectivity index (χ4v) is 4.05. The average molecular weight is 384 g/mol. The van der Waals surface area contributed by atoms with Crippen molar-refractivity contribution in [3.63, 3.8) is 0 Å². The monoisotopic (exact) mass is 383 g/mol. The number of rotatable bonds is 5. The maximum Gasteiger partial charge on any atom is 0.241 e. The Hall–Kier alpha value is -1.97. The molecule has 1 aliphatic heterocycles. The first-order chi connectivity index (χ1) is 12.0. The van der Waals surface area contributed by atoms with Crippen LogP contribution in [0.15, 0.2) is 41.6 Å². The summed E-state index contributed by atoms with van der Waals surface area (Å²) in [7, 11) is -3.77. The minimum atomic E-state index is -3.77. The lowest BCUT2D eigenvalue weighted by molar-refractivity contribution is -0.131. The lowest BCUT2D eigenvalue weighted by Crippen LogP contribution is -2.44. The number of carbonyl (C=O) groups is 1. The molecule has 0 atom stereocenters. The van der Waals surface area contributed by atoms with Crippen LogP contribution in [-0.4, -0.2) is 53.9 Å². The van der Waals surface area contributed by atoms with Crippen LogP contribution >= 0.6 is 11.6 Å². The van der Waals surface area contributed by atoms with E-state index in [9.17, 15) is 13.2 Å². The van der Waals surface area contributed by atoms with E-state index in [4.69, 9.17) is 11.6 Å². The van der Waals surface area contributed by atoms with Crippen LogP contribution in [0.3, 0.4) is 0 Å². The molecule has 1 N–H and O–H groups in total. The molecular weight excluding hydrogens is 366 g/mol. The molecule has 1 aromatic carbocycles. The summed E-state index contributed by atoms with van der Waals surface area (Å²) < 4.78 is 28.6. The van der Waals surface area contributed by atoms with E-state index in [1.54, 1.807) is 34.1 Å². The van der Waals surface area contributed by atoms with Gasteiger partial charge in [0.15, 0.2) is 0 Å². The van der Waals surface area contributed by atoms with Crippen LogP contribution in [-0.2, 0) is 14.8 Å². The van der Waals surface area contributed by atoms with Crippen LogP contribution in [0.25, 0.3) is 0 Å². The predicted molar refractivity (Wildman–Crippen MR) is 91.5 cm³/mol. The highest BCUT2D eigenvalue weighted by Crippen LogP contribution is 2.21. The number of carbonyl (C=O) groups excluding carboxylic acids is 1. The van der Waals surface area contributed by atoms with Crippen molar-refractivity contribution in [3.8, 4) is 0 Å². The molecule has 3 rings (SSSR count). The molecule has 1 aliphatic rings. The Morgan fingerprint density at radius 3 is 2.72 bits per heavy atom. The standard InChI is InChI=1S/C15H18ClN5O3S/c16-12-2-1-3-14(10-12)25(23,24)18-11-15(22)20-7-4-13(5-8-20)21-9-6-17-19-21/h1-3,6,9-10,13,18H,4-5,7-8,11H2. The molecule has 8 nitrogen and oxygen atoms in total. The number of hydrogen-bond acceptors (Lipinski definition) is 5. The topological polar surface area (TPSA) is 97.2 Å². The van der Waals surface area contributed by atoms with E-state index in [1.807, 2.05) is 0 Å². The number of nitrogens with zero attached hydrogens (tertiary/aromatic N) is 4. The van der Waals surface area contributed by atoms with Crippen molar-refractivity contribution in [3.05, 3.63) is 41.7 Å². The van der Waals surface area contributed by atoms with Gasteiger partial charge >= 0.3 is 0 Å². The van der Waals surface area contributed by atoms with E-state index in [0.29, 0.717) is 18.1 Å². The zero-order valence-electron chi connectivity index (χ0n) is 13.4. The summed E-state index contributed by atoms with van der Waals surface area (Å²) in [6.07, 6.45) is 4.95. The molecule has 0 saturated carbocycles. The summed E-state index contributed by atoms with van der Waals surface area (Å²) in [5, 5.41) is 8.09. The molecule has 1 saturated heterocycles. The van der Waals surface area contributed by atoms with Crippen molar-refractivity contribution in [1.82, 2.24) is 24.6 Å². The van der Waals surface area contributed by atoms with Gasteiger partial charge < -0.3 is 4.90 Å².